The first-order chi connectivity index (χ1) is 11.7. The summed E-state index contributed by atoms with van der Waals surface area (Å²) >= 11 is 0. The number of rotatable bonds is 6. The number of methoxy groups -OCH3 is 1. The van der Waals surface area contributed by atoms with E-state index >= 15 is 0 Å². The molecular formula is C17H19F3N2O3. The maximum atomic E-state index is 12.7. The van der Waals surface area contributed by atoms with Crippen LogP contribution in [0, 0.1) is 5.92 Å². The van der Waals surface area contributed by atoms with Crippen molar-refractivity contribution in [3.05, 3.63) is 36.9 Å². The summed E-state index contributed by atoms with van der Waals surface area (Å²) in [4.78, 5) is 26.7. The van der Waals surface area contributed by atoms with Crippen molar-refractivity contribution in [3.63, 3.8) is 0 Å². The molecule has 0 saturated carbocycles. The van der Waals surface area contributed by atoms with Crippen molar-refractivity contribution in [2.75, 3.05) is 31.6 Å². The van der Waals surface area contributed by atoms with Crippen LogP contribution in [-0.4, -0.2) is 49.6 Å². The van der Waals surface area contributed by atoms with Crippen molar-refractivity contribution in [3.8, 4) is 5.75 Å². The summed E-state index contributed by atoms with van der Waals surface area (Å²) in [6.45, 7) is 1.84. The zero-order valence-electron chi connectivity index (χ0n) is 13.8. The fourth-order valence-electron chi connectivity index (χ4n) is 2.76. The molecule has 0 aliphatic carbocycles. The summed E-state index contributed by atoms with van der Waals surface area (Å²) in [5.41, 5.74) is 0.547. The Hall–Kier alpha value is -2.51. The second kappa shape index (κ2) is 7.58. The molecular weight excluding hydrogens is 337 g/mol. The average Bonchev–Trinajstić information content (AvgIpc) is 2.94. The molecule has 1 saturated heterocycles. The Balaban J connectivity index is 2.14. The van der Waals surface area contributed by atoms with Crippen LogP contribution in [0.25, 0.3) is 0 Å². The number of nitrogens with zero attached hydrogens (tertiary/aromatic N) is 2. The molecule has 8 heteroatoms. The maximum Gasteiger partial charge on any atom is 0.406 e. The van der Waals surface area contributed by atoms with E-state index in [1.165, 1.54) is 18.1 Å². The zero-order valence-corrected chi connectivity index (χ0v) is 13.8. The van der Waals surface area contributed by atoms with Gasteiger partial charge in [-0.1, -0.05) is 12.1 Å². The van der Waals surface area contributed by atoms with Crippen LogP contribution in [0.2, 0.25) is 0 Å². The minimum atomic E-state index is -4.51. The van der Waals surface area contributed by atoms with Crippen LogP contribution >= 0.6 is 0 Å². The van der Waals surface area contributed by atoms with Crippen LogP contribution < -0.4 is 9.64 Å². The lowest BCUT2D eigenvalue weighted by molar-refractivity contribution is -0.162. The molecule has 25 heavy (non-hydrogen) atoms. The second-order valence-electron chi connectivity index (χ2n) is 5.73. The number of hydrogen-bond acceptors (Lipinski definition) is 3. The Bertz CT molecular complexity index is 661. The molecule has 1 atom stereocenters. The summed E-state index contributed by atoms with van der Waals surface area (Å²) in [6.07, 6.45) is -3.39. The highest BCUT2D eigenvalue weighted by Crippen LogP contribution is 2.29. The molecule has 1 aromatic rings. The number of benzene rings is 1. The Morgan fingerprint density at radius 2 is 2.20 bits per heavy atom. The molecule has 1 unspecified atom stereocenters. The first-order valence-electron chi connectivity index (χ1n) is 7.66. The van der Waals surface area contributed by atoms with Gasteiger partial charge in [0.15, 0.2) is 0 Å². The van der Waals surface area contributed by atoms with Gasteiger partial charge in [-0.15, -0.1) is 6.58 Å². The van der Waals surface area contributed by atoms with Gasteiger partial charge in [-0.3, -0.25) is 9.59 Å². The number of alkyl halides is 3. The van der Waals surface area contributed by atoms with E-state index in [1.54, 1.807) is 24.3 Å². The molecule has 1 aliphatic heterocycles. The molecule has 1 fully saturated rings. The van der Waals surface area contributed by atoms with Gasteiger partial charge >= 0.3 is 6.18 Å². The van der Waals surface area contributed by atoms with Crippen LogP contribution in [0.3, 0.4) is 0 Å². The zero-order chi connectivity index (χ0) is 18.6. The number of ether oxygens (including phenoxy) is 1. The van der Waals surface area contributed by atoms with Crippen molar-refractivity contribution in [2.45, 2.75) is 12.6 Å². The normalized spacial score (nSPS) is 17.5. The van der Waals surface area contributed by atoms with E-state index in [1.807, 2.05) is 0 Å². The minimum absolute atomic E-state index is 0.0380. The smallest absolute Gasteiger partial charge is 0.406 e. The number of hydrogen-bond donors (Lipinski definition) is 0. The minimum Gasteiger partial charge on any atom is -0.497 e. The molecule has 2 rings (SSSR count). The van der Waals surface area contributed by atoms with E-state index in [0.29, 0.717) is 16.3 Å². The molecule has 5 nitrogen and oxygen atoms in total. The monoisotopic (exact) mass is 356 g/mol. The molecule has 0 N–H and O–H groups in total. The van der Waals surface area contributed by atoms with Gasteiger partial charge < -0.3 is 14.5 Å². The number of halogens is 3. The van der Waals surface area contributed by atoms with Gasteiger partial charge in [0.05, 0.1) is 13.0 Å². The van der Waals surface area contributed by atoms with Gasteiger partial charge in [0.25, 0.3) is 0 Å². The fourth-order valence-corrected chi connectivity index (χ4v) is 2.76. The quantitative estimate of drug-likeness (QED) is 0.737. The largest absolute Gasteiger partial charge is 0.497 e. The van der Waals surface area contributed by atoms with E-state index in [2.05, 4.69) is 6.58 Å². The van der Waals surface area contributed by atoms with Crippen LogP contribution in [0.1, 0.15) is 6.42 Å². The summed E-state index contributed by atoms with van der Waals surface area (Å²) in [5, 5.41) is 0. The third-order valence-corrected chi connectivity index (χ3v) is 3.87. The number of carbonyl (C=O) groups is 2. The summed E-state index contributed by atoms with van der Waals surface area (Å²) in [5.74, 6) is -1.28. The van der Waals surface area contributed by atoms with Gasteiger partial charge in [0.2, 0.25) is 11.8 Å². The lowest BCUT2D eigenvalue weighted by Crippen LogP contribution is -2.43. The lowest BCUT2D eigenvalue weighted by Gasteiger charge is -2.25. The lowest BCUT2D eigenvalue weighted by atomic mass is 10.1. The molecule has 0 aromatic heterocycles. The Kier molecular flexibility index (Phi) is 5.71. The van der Waals surface area contributed by atoms with E-state index in [9.17, 15) is 22.8 Å². The van der Waals surface area contributed by atoms with Crippen molar-refractivity contribution >= 4 is 17.5 Å². The summed E-state index contributed by atoms with van der Waals surface area (Å²) in [6, 6.07) is 6.73. The molecule has 1 aromatic carbocycles. The number of carbonyl (C=O) groups excluding carboxylic acids is 2. The SMILES string of the molecule is C=CCN(CC(F)(F)F)C(=O)C1CC(=O)N(c2cccc(OC)c2)C1. The summed E-state index contributed by atoms with van der Waals surface area (Å²) < 4.78 is 43.1. The molecule has 136 valence electrons. The van der Waals surface area contributed by atoms with Crippen LogP contribution in [-0.2, 0) is 9.59 Å². The van der Waals surface area contributed by atoms with Crippen molar-refractivity contribution in [2.24, 2.45) is 5.92 Å². The van der Waals surface area contributed by atoms with Crippen molar-refractivity contribution < 1.29 is 27.5 Å². The van der Waals surface area contributed by atoms with E-state index in [0.717, 1.165) is 0 Å². The van der Waals surface area contributed by atoms with Crippen molar-refractivity contribution in [1.29, 1.82) is 0 Å². The second-order valence-corrected chi connectivity index (χ2v) is 5.73. The predicted octanol–water partition coefficient (Wildman–Crippen LogP) is 2.63. The Morgan fingerprint density at radius 3 is 2.80 bits per heavy atom. The number of anilines is 1. The van der Waals surface area contributed by atoms with E-state index < -0.39 is 24.5 Å². The molecule has 2 amide bonds. The first-order valence-corrected chi connectivity index (χ1v) is 7.66. The molecule has 1 aliphatic rings. The number of amides is 2. The highest BCUT2D eigenvalue weighted by atomic mass is 19.4. The van der Waals surface area contributed by atoms with Gasteiger partial charge in [-0.25, -0.2) is 0 Å². The average molecular weight is 356 g/mol. The highest BCUT2D eigenvalue weighted by molar-refractivity contribution is 6.00. The third-order valence-electron chi connectivity index (χ3n) is 3.87. The Morgan fingerprint density at radius 1 is 1.48 bits per heavy atom. The molecule has 0 spiro atoms. The van der Waals surface area contributed by atoms with Crippen LogP contribution in [0.15, 0.2) is 36.9 Å². The van der Waals surface area contributed by atoms with Crippen molar-refractivity contribution in [1.82, 2.24) is 4.90 Å². The topological polar surface area (TPSA) is 49.9 Å². The highest BCUT2D eigenvalue weighted by Gasteiger charge is 2.40. The first kappa shape index (κ1) is 18.8. The standard InChI is InChI=1S/C17H19F3N2O3/c1-3-7-21(11-17(18,19)20)16(24)12-8-15(23)22(10-12)13-5-4-6-14(9-13)25-2/h3-6,9,12H,1,7-8,10-11H2,2H3. The van der Waals surface area contributed by atoms with E-state index in [-0.39, 0.29) is 25.4 Å². The van der Waals surface area contributed by atoms with Crippen LogP contribution in [0.5, 0.6) is 5.75 Å². The Labute approximate surface area is 143 Å². The molecule has 0 radical (unpaired) electrons. The van der Waals surface area contributed by atoms with Gasteiger partial charge in [0, 0.05) is 31.3 Å². The maximum absolute atomic E-state index is 12.7. The van der Waals surface area contributed by atoms with Gasteiger partial charge in [-0.2, -0.15) is 13.2 Å². The third kappa shape index (κ3) is 4.74. The molecule has 1 heterocycles. The fraction of sp³-hybridized carbons (Fsp3) is 0.412. The van der Waals surface area contributed by atoms with E-state index in [4.69, 9.17) is 4.74 Å². The van der Waals surface area contributed by atoms with Crippen LogP contribution in [0.4, 0.5) is 18.9 Å². The summed E-state index contributed by atoms with van der Waals surface area (Å²) in [7, 11) is 1.49. The molecule has 0 bridgehead atoms. The van der Waals surface area contributed by atoms with Gasteiger partial charge in [0.1, 0.15) is 12.3 Å². The predicted molar refractivity (Wildman–Crippen MR) is 86.3 cm³/mol. The van der Waals surface area contributed by atoms with Gasteiger partial charge in [-0.05, 0) is 12.1 Å².